The van der Waals surface area contributed by atoms with E-state index in [0.29, 0.717) is 12.1 Å². The lowest BCUT2D eigenvalue weighted by Crippen LogP contribution is -2.48. The first-order chi connectivity index (χ1) is 9.86. The first-order valence-corrected chi connectivity index (χ1v) is 7.56. The van der Waals surface area contributed by atoms with E-state index in [-0.39, 0.29) is 12.1 Å². The maximum Gasteiger partial charge on any atom is 0.416 e. The molecule has 0 aromatic heterocycles. The van der Waals surface area contributed by atoms with E-state index in [4.69, 9.17) is 5.73 Å². The van der Waals surface area contributed by atoms with Crippen LogP contribution in [0.2, 0.25) is 0 Å². The molecule has 0 spiro atoms. The molecular weight excluding hydrogens is 277 g/mol. The quantitative estimate of drug-likeness (QED) is 0.901. The van der Waals surface area contributed by atoms with Crippen molar-refractivity contribution in [2.45, 2.75) is 63.0 Å². The van der Waals surface area contributed by atoms with Crippen molar-refractivity contribution in [3.63, 3.8) is 0 Å². The van der Waals surface area contributed by atoms with Gasteiger partial charge in [-0.1, -0.05) is 12.1 Å². The summed E-state index contributed by atoms with van der Waals surface area (Å²) in [6.45, 7) is 2.09. The minimum atomic E-state index is -4.27. The smallest absolute Gasteiger partial charge is 0.328 e. The van der Waals surface area contributed by atoms with Crippen molar-refractivity contribution in [2.24, 2.45) is 5.73 Å². The summed E-state index contributed by atoms with van der Waals surface area (Å²) >= 11 is 0. The van der Waals surface area contributed by atoms with Crippen molar-refractivity contribution in [1.29, 1.82) is 0 Å². The van der Waals surface area contributed by atoms with Crippen molar-refractivity contribution in [1.82, 2.24) is 4.90 Å². The van der Waals surface area contributed by atoms with Gasteiger partial charge in [0.1, 0.15) is 0 Å². The predicted octanol–water partition coefficient (Wildman–Crippen LogP) is 3.72. The van der Waals surface area contributed by atoms with Crippen molar-refractivity contribution < 1.29 is 13.2 Å². The van der Waals surface area contributed by atoms with Crippen LogP contribution in [-0.2, 0) is 6.18 Å². The predicted molar refractivity (Wildman–Crippen MR) is 75.7 cm³/mol. The van der Waals surface area contributed by atoms with Gasteiger partial charge in [0, 0.05) is 24.2 Å². The fraction of sp³-hybridized carbons (Fsp3) is 0.625. The molecule has 21 heavy (non-hydrogen) atoms. The Kier molecular flexibility index (Phi) is 3.74. The number of hydrogen-bond donors (Lipinski definition) is 1. The molecule has 2 aliphatic rings. The zero-order valence-electron chi connectivity index (χ0n) is 12.1. The third kappa shape index (κ3) is 2.81. The number of hydrogen-bond acceptors (Lipinski definition) is 2. The molecule has 1 aromatic rings. The van der Waals surface area contributed by atoms with Crippen LogP contribution >= 0.6 is 0 Å². The molecule has 0 radical (unpaired) electrons. The van der Waals surface area contributed by atoms with Gasteiger partial charge in [-0.3, -0.25) is 4.90 Å². The van der Waals surface area contributed by atoms with E-state index in [1.54, 1.807) is 12.1 Å². The van der Waals surface area contributed by atoms with Gasteiger partial charge in [-0.25, -0.2) is 0 Å². The van der Waals surface area contributed by atoms with Gasteiger partial charge in [0.05, 0.1) is 5.56 Å². The van der Waals surface area contributed by atoms with Gasteiger partial charge < -0.3 is 5.73 Å². The summed E-state index contributed by atoms with van der Waals surface area (Å²) in [5.74, 6) is 0. The molecule has 5 heteroatoms. The SMILES string of the molecule is CC(c1ccc(C(F)(F)F)cc1)N1C2CCC1CC(N)C2. The van der Waals surface area contributed by atoms with Gasteiger partial charge in [0.15, 0.2) is 0 Å². The monoisotopic (exact) mass is 298 g/mol. The van der Waals surface area contributed by atoms with E-state index in [9.17, 15) is 13.2 Å². The van der Waals surface area contributed by atoms with Crippen LogP contribution < -0.4 is 5.73 Å². The Balaban J connectivity index is 1.78. The summed E-state index contributed by atoms with van der Waals surface area (Å²) in [6.07, 6.45) is 0.0499. The van der Waals surface area contributed by atoms with Gasteiger partial charge in [0.25, 0.3) is 0 Å². The summed E-state index contributed by atoms with van der Waals surface area (Å²) in [7, 11) is 0. The van der Waals surface area contributed by atoms with Gasteiger partial charge in [0.2, 0.25) is 0 Å². The lowest BCUT2D eigenvalue weighted by atomic mass is 9.94. The number of halogens is 3. The van der Waals surface area contributed by atoms with Crippen molar-refractivity contribution in [3.8, 4) is 0 Å². The highest BCUT2D eigenvalue weighted by Crippen LogP contribution is 2.41. The number of rotatable bonds is 2. The number of benzene rings is 1. The summed E-state index contributed by atoms with van der Waals surface area (Å²) < 4.78 is 37.9. The van der Waals surface area contributed by atoms with E-state index >= 15 is 0 Å². The van der Waals surface area contributed by atoms with Crippen LogP contribution in [0.4, 0.5) is 13.2 Å². The van der Waals surface area contributed by atoms with Crippen LogP contribution in [0.3, 0.4) is 0 Å². The molecule has 2 aliphatic heterocycles. The average molecular weight is 298 g/mol. The summed E-state index contributed by atoms with van der Waals surface area (Å²) in [5.41, 5.74) is 6.45. The van der Waals surface area contributed by atoms with Gasteiger partial charge in [-0.2, -0.15) is 13.2 Å². The number of alkyl halides is 3. The van der Waals surface area contributed by atoms with Gasteiger partial charge in [-0.15, -0.1) is 0 Å². The second kappa shape index (κ2) is 5.29. The average Bonchev–Trinajstić information content (AvgIpc) is 2.69. The number of nitrogens with zero attached hydrogens (tertiary/aromatic N) is 1. The largest absolute Gasteiger partial charge is 0.416 e. The zero-order chi connectivity index (χ0) is 15.2. The Morgan fingerprint density at radius 3 is 2.10 bits per heavy atom. The van der Waals surface area contributed by atoms with Crippen LogP contribution in [-0.4, -0.2) is 23.0 Å². The van der Waals surface area contributed by atoms with Crippen LogP contribution in [0.5, 0.6) is 0 Å². The Labute approximate surface area is 123 Å². The summed E-state index contributed by atoms with van der Waals surface area (Å²) in [5, 5.41) is 0. The fourth-order valence-corrected chi connectivity index (χ4v) is 4.01. The molecule has 1 aromatic carbocycles. The first kappa shape index (κ1) is 14.9. The second-order valence-electron chi connectivity index (χ2n) is 6.36. The maximum absolute atomic E-state index is 12.6. The lowest BCUT2D eigenvalue weighted by molar-refractivity contribution is -0.137. The van der Waals surface area contributed by atoms with Crippen LogP contribution in [0.1, 0.15) is 49.8 Å². The molecular formula is C16H21F3N2. The molecule has 3 atom stereocenters. The molecule has 2 nitrogen and oxygen atoms in total. The number of nitrogens with two attached hydrogens (primary N) is 1. The van der Waals surface area contributed by atoms with Crippen LogP contribution in [0.25, 0.3) is 0 Å². The van der Waals surface area contributed by atoms with Crippen LogP contribution in [0.15, 0.2) is 24.3 Å². The molecule has 2 fully saturated rings. The molecule has 2 saturated heterocycles. The van der Waals surface area contributed by atoms with Crippen molar-refractivity contribution in [2.75, 3.05) is 0 Å². The molecule has 3 rings (SSSR count). The Morgan fingerprint density at radius 2 is 1.62 bits per heavy atom. The number of piperidine rings is 1. The highest BCUT2D eigenvalue weighted by molar-refractivity contribution is 5.27. The van der Waals surface area contributed by atoms with Gasteiger partial charge in [-0.05, 0) is 50.3 Å². The molecule has 0 amide bonds. The van der Waals surface area contributed by atoms with E-state index in [1.807, 2.05) is 0 Å². The first-order valence-electron chi connectivity index (χ1n) is 7.56. The maximum atomic E-state index is 12.6. The minimum absolute atomic E-state index is 0.150. The van der Waals surface area contributed by atoms with Crippen molar-refractivity contribution in [3.05, 3.63) is 35.4 Å². The third-order valence-electron chi connectivity index (χ3n) is 4.99. The van der Waals surface area contributed by atoms with E-state index in [0.717, 1.165) is 31.2 Å². The van der Waals surface area contributed by atoms with Crippen molar-refractivity contribution >= 4 is 0 Å². The van der Waals surface area contributed by atoms with E-state index in [2.05, 4.69) is 11.8 Å². The normalized spacial score (nSPS) is 31.4. The molecule has 0 aliphatic carbocycles. The van der Waals surface area contributed by atoms with E-state index in [1.165, 1.54) is 12.1 Å². The Bertz CT molecular complexity index is 483. The highest BCUT2D eigenvalue weighted by Gasteiger charge is 2.42. The molecule has 0 saturated carbocycles. The molecule has 2 heterocycles. The Hall–Kier alpha value is -1.07. The summed E-state index contributed by atoms with van der Waals surface area (Å²) in [6, 6.07) is 6.98. The zero-order valence-corrected chi connectivity index (χ0v) is 12.1. The standard InChI is InChI=1S/C16H21F3N2/c1-10(11-2-4-12(5-3-11)16(17,18)19)21-14-6-7-15(21)9-13(20)8-14/h2-5,10,13-15H,6-9,20H2,1H3. The molecule has 116 valence electrons. The third-order valence-corrected chi connectivity index (χ3v) is 4.99. The topological polar surface area (TPSA) is 29.3 Å². The molecule has 3 unspecified atom stereocenters. The Morgan fingerprint density at radius 1 is 1.10 bits per heavy atom. The molecule has 2 N–H and O–H groups in total. The lowest BCUT2D eigenvalue weighted by Gasteiger charge is -2.41. The second-order valence-corrected chi connectivity index (χ2v) is 6.36. The van der Waals surface area contributed by atoms with Crippen LogP contribution in [0, 0.1) is 0 Å². The number of fused-ring (bicyclic) bond motifs is 2. The summed E-state index contributed by atoms with van der Waals surface area (Å²) in [4.78, 5) is 2.46. The highest BCUT2D eigenvalue weighted by atomic mass is 19.4. The van der Waals surface area contributed by atoms with E-state index < -0.39 is 11.7 Å². The fourth-order valence-electron chi connectivity index (χ4n) is 4.01. The van der Waals surface area contributed by atoms with Gasteiger partial charge >= 0.3 is 6.18 Å². The molecule has 2 bridgehead atoms. The minimum Gasteiger partial charge on any atom is -0.328 e.